The summed E-state index contributed by atoms with van der Waals surface area (Å²) >= 11 is 0. The Labute approximate surface area is 441 Å². The van der Waals surface area contributed by atoms with Gasteiger partial charge in [0.25, 0.3) is 0 Å². The molecule has 0 aromatic heterocycles. The van der Waals surface area contributed by atoms with E-state index in [9.17, 15) is 14.7 Å². The summed E-state index contributed by atoms with van der Waals surface area (Å²) in [5, 5.41) is 9.66. The van der Waals surface area contributed by atoms with Crippen LogP contribution in [0, 0.1) is 0 Å². The summed E-state index contributed by atoms with van der Waals surface area (Å²) < 4.78 is 10.7. The van der Waals surface area contributed by atoms with Crippen LogP contribution in [0.3, 0.4) is 0 Å². The van der Waals surface area contributed by atoms with E-state index in [2.05, 4.69) is 98.9 Å². The predicted molar refractivity (Wildman–Crippen MR) is 311 cm³/mol. The van der Waals surface area contributed by atoms with Crippen LogP contribution in [0.1, 0.15) is 303 Å². The van der Waals surface area contributed by atoms with Crippen molar-refractivity contribution in [3.8, 4) is 0 Å². The van der Waals surface area contributed by atoms with Gasteiger partial charge in [-0.25, -0.2) is 0 Å². The quantitative estimate of drug-likeness (QED) is 0.0373. The molecule has 0 saturated heterocycles. The van der Waals surface area contributed by atoms with Gasteiger partial charge in [-0.3, -0.25) is 9.59 Å². The number of hydrogen-bond acceptors (Lipinski definition) is 5. The SMILES string of the molecule is CC/C=C\C/C=C\C/C=C\C/C=C\C/C=C\C/C=C\C/C=C\CCCCCC(=O)OC(CO)COC(=O)CCCCCCCCCCCCCCCCCCCCCCCCCCCCCCCCCC. The molecule has 0 aromatic rings. The zero-order valence-corrected chi connectivity index (χ0v) is 47.0. The third-order valence-electron chi connectivity index (χ3n) is 13.5. The highest BCUT2D eigenvalue weighted by Crippen LogP contribution is 2.17. The number of rotatable bonds is 56. The van der Waals surface area contributed by atoms with Crippen LogP contribution >= 0.6 is 0 Å². The first-order valence-corrected chi connectivity index (χ1v) is 30.6. The van der Waals surface area contributed by atoms with E-state index in [-0.39, 0.29) is 25.2 Å². The Balaban J connectivity index is 3.50. The van der Waals surface area contributed by atoms with Crippen molar-refractivity contribution in [2.75, 3.05) is 13.2 Å². The van der Waals surface area contributed by atoms with Crippen LogP contribution in [0.5, 0.6) is 0 Å². The molecule has 0 spiro atoms. The number of carbonyl (C=O) groups is 2. The van der Waals surface area contributed by atoms with Gasteiger partial charge in [0.2, 0.25) is 0 Å². The van der Waals surface area contributed by atoms with Crippen molar-refractivity contribution in [1.29, 1.82) is 0 Å². The third kappa shape index (κ3) is 59.5. The lowest BCUT2D eigenvalue weighted by Gasteiger charge is -2.15. The lowest BCUT2D eigenvalue weighted by Crippen LogP contribution is -2.28. The van der Waals surface area contributed by atoms with Crippen LogP contribution in [-0.2, 0) is 19.1 Å². The van der Waals surface area contributed by atoms with Crippen molar-refractivity contribution in [3.05, 3.63) is 85.1 Å². The van der Waals surface area contributed by atoms with Gasteiger partial charge in [0, 0.05) is 12.8 Å². The summed E-state index contributed by atoms with van der Waals surface area (Å²) in [6, 6.07) is 0. The van der Waals surface area contributed by atoms with E-state index >= 15 is 0 Å². The minimum Gasteiger partial charge on any atom is -0.462 e. The van der Waals surface area contributed by atoms with Crippen molar-refractivity contribution in [2.45, 2.75) is 309 Å². The highest BCUT2D eigenvalue weighted by atomic mass is 16.6. The van der Waals surface area contributed by atoms with E-state index in [1.165, 1.54) is 186 Å². The van der Waals surface area contributed by atoms with E-state index in [1.807, 2.05) is 0 Å². The van der Waals surface area contributed by atoms with E-state index in [1.54, 1.807) is 0 Å². The molecule has 0 aliphatic rings. The molecule has 410 valence electrons. The largest absolute Gasteiger partial charge is 0.462 e. The Morgan fingerprint density at radius 2 is 0.606 bits per heavy atom. The molecule has 0 amide bonds. The van der Waals surface area contributed by atoms with Gasteiger partial charge in [-0.1, -0.05) is 304 Å². The molecule has 1 N–H and O–H groups in total. The van der Waals surface area contributed by atoms with Gasteiger partial charge in [-0.05, 0) is 70.6 Å². The molecule has 5 heteroatoms. The van der Waals surface area contributed by atoms with Crippen LogP contribution in [0.15, 0.2) is 85.1 Å². The molecule has 0 rings (SSSR count). The van der Waals surface area contributed by atoms with Crippen molar-refractivity contribution < 1.29 is 24.2 Å². The number of hydrogen-bond donors (Lipinski definition) is 1. The monoisotopic (exact) mass is 989 g/mol. The van der Waals surface area contributed by atoms with Crippen molar-refractivity contribution in [1.82, 2.24) is 0 Å². The molecular weight excluding hydrogens is 873 g/mol. The van der Waals surface area contributed by atoms with E-state index < -0.39 is 6.10 Å². The second-order valence-corrected chi connectivity index (χ2v) is 20.4. The Kier molecular flexibility index (Phi) is 58.9. The molecule has 0 radical (unpaired) electrons. The number of unbranched alkanes of at least 4 members (excludes halogenated alkanes) is 34. The fourth-order valence-corrected chi connectivity index (χ4v) is 8.89. The van der Waals surface area contributed by atoms with Gasteiger partial charge in [0.1, 0.15) is 6.61 Å². The maximum atomic E-state index is 12.3. The number of aliphatic hydroxyl groups is 1. The highest BCUT2D eigenvalue weighted by molar-refractivity contribution is 5.70. The highest BCUT2D eigenvalue weighted by Gasteiger charge is 2.16. The molecule has 0 saturated carbocycles. The van der Waals surface area contributed by atoms with Crippen LogP contribution in [-0.4, -0.2) is 36.4 Å². The van der Waals surface area contributed by atoms with Gasteiger partial charge in [-0.2, -0.15) is 0 Å². The minimum atomic E-state index is -0.795. The second kappa shape index (κ2) is 61.4. The summed E-state index contributed by atoms with van der Waals surface area (Å²) in [6.45, 7) is 4.03. The zero-order chi connectivity index (χ0) is 51.3. The number of allylic oxidation sites excluding steroid dienone is 14. The molecule has 0 aromatic carbocycles. The van der Waals surface area contributed by atoms with E-state index in [0.29, 0.717) is 12.8 Å². The van der Waals surface area contributed by atoms with Gasteiger partial charge in [0.15, 0.2) is 6.10 Å². The van der Waals surface area contributed by atoms with E-state index in [0.717, 1.165) is 89.9 Å². The molecule has 1 atom stereocenters. The number of aliphatic hydroxyl groups excluding tert-OH is 1. The summed E-state index contributed by atoms with van der Waals surface area (Å²) in [7, 11) is 0. The summed E-state index contributed by atoms with van der Waals surface area (Å²) in [5.41, 5.74) is 0. The molecule has 0 aliphatic carbocycles. The number of ether oxygens (including phenoxy) is 2. The minimum absolute atomic E-state index is 0.0811. The smallest absolute Gasteiger partial charge is 0.306 e. The first-order chi connectivity index (χ1) is 35.1. The number of carbonyl (C=O) groups excluding carboxylic acids is 2. The summed E-state index contributed by atoms with van der Waals surface area (Å²) in [4.78, 5) is 24.5. The molecular formula is C66H116O5. The normalized spacial score (nSPS) is 12.8. The maximum Gasteiger partial charge on any atom is 0.306 e. The van der Waals surface area contributed by atoms with Gasteiger partial charge >= 0.3 is 11.9 Å². The first-order valence-electron chi connectivity index (χ1n) is 30.6. The van der Waals surface area contributed by atoms with Crippen LogP contribution in [0.2, 0.25) is 0 Å². The predicted octanol–water partition coefficient (Wildman–Crippen LogP) is 20.9. The summed E-state index contributed by atoms with van der Waals surface area (Å²) in [5.74, 6) is -0.622. The average molecular weight is 990 g/mol. The molecule has 71 heavy (non-hydrogen) atoms. The topological polar surface area (TPSA) is 72.8 Å². The van der Waals surface area contributed by atoms with Gasteiger partial charge in [-0.15, -0.1) is 0 Å². The zero-order valence-electron chi connectivity index (χ0n) is 47.0. The molecule has 0 aliphatic heterocycles. The van der Waals surface area contributed by atoms with Crippen LogP contribution < -0.4 is 0 Å². The molecule has 0 heterocycles. The van der Waals surface area contributed by atoms with Crippen molar-refractivity contribution in [2.24, 2.45) is 0 Å². The van der Waals surface area contributed by atoms with Crippen LogP contribution in [0.4, 0.5) is 0 Å². The first kappa shape index (κ1) is 68.1. The Morgan fingerprint density at radius 1 is 0.338 bits per heavy atom. The van der Waals surface area contributed by atoms with Crippen molar-refractivity contribution in [3.63, 3.8) is 0 Å². The number of esters is 2. The Morgan fingerprint density at radius 3 is 0.915 bits per heavy atom. The van der Waals surface area contributed by atoms with Gasteiger partial charge in [0.05, 0.1) is 6.61 Å². The molecule has 0 bridgehead atoms. The average Bonchev–Trinajstić information content (AvgIpc) is 3.37. The van der Waals surface area contributed by atoms with Crippen molar-refractivity contribution >= 4 is 11.9 Å². The lowest BCUT2D eigenvalue weighted by atomic mass is 10.0. The Bertz CT molecular complexity index is 1300. The van der Waals surface area contributed by atoms with Gasteiger partial charge < -0.3 is 14.6 Å². The molecule has 1 unspecified atom stereocenters. The second-order valence-electron chi connectivity index (χ2n) is 20.4. The Hall–Kier alpha value is -2.92. The fraction of sp³-hybridized carbons (Fsp3) is 0.758. The molecule has 0 fully saturated rings. The standard InChI is InChI=1S/C66H116O5/c1-3-5-7-9-11-13-15-17-19-21-23-25-27-29-30-31-32-33-34-35-37-38-40-42-44-46-48-50-52-54-56-58-60-65(68)70-63-64(62-67)71-66(69)61-59-57-55-53-51-49-47-45-43-41-39-36-28-26-24-22-20-18-16-14-12-10-8-6-4-2/h6,8,12,14,18,20,24,26,36,39,43,45,49,51,64,67H,3-5,7,9-11,13,15-17,19,21-23,25,27-35,37-38,40-42,44,46-48,50,52-63H2,1-2H3/b8-6-,14-12-,20-18-,26-24-,39-36-,45-43-,51-49-. The summed E-state index contributed by atoms with van der Waals surface area (Å²) in [6.07, 6.45) is 85.9. The third-order valence-corrected chi connectivity index (χ3v) is 13.5. The lowest BCUT2D eigenvalue weighted by molar-refractivity contribution is -0.161. The van der Waals surface area contributed by atoms with E-state index in [4.69, 9.17) is 9.47 Å². The molecule has 5 nitrogen and oxygen atoms in total. The maximum absolute atomic E-state index is 12.3. The fourth-order valence-electron chi connectivity index (χ4n) is 8.89. The van der Waals surface area contributed by atoms with Crippen LogP contribution in [0.25, 0.3) is 0 Å².